The van der Waals surface area contributed by atoms with Crippen LogP contribution in [0, 0.1) is 11.3 Å². The quantitative estimate of drug-likeness (QED) is 0.719. The summed E-state index contributed by atoms with van der Waals surface area (Å²) in [6.45, 7) is 3.98. The molecule has 1 spiro atoms. The molecule has 1 aliphatic heterocycles. The summed E-state index contributed by atoms with van der Waals surface area (Å²) in [6.07, 6.45) is 8.88. The van der Waals surface area contributed by atoms with Gasteiger partial charge < -0.3 is 14.2 Å². The van der Waals surface area contributed by atoms with E-state index in [4.69, 9.17) is 14.2 Å². The third-order valence-corrected chi connectivity index (χ3v) is 5.64. The van der Waals surface area contributed by atoms with Crippen LogP contribution in [0.1, 0.15) is 51.9 Å². The van der Waals surface area contributed by atoms with Crippen molar-refractivity contribution in [1.29, 1.82) is 0 Å². The maximum Gasteiger partial charge on any atom is 0.168 e. The molecule has 104 valence electrons. The summed E-state index contributed by atoms with van der Waals surface area (Å²) in [6, 6.07) is 0. The third kappa shape index (κ3) is 2.00. The monoisotopic (exact) mass is 254 g/mol. The summed E-state index contributed by atoms with van der Waals surface area (Å²) in [4.78, 5) is 0. The van der Waals surface area contributed by atoms with Crippen LogP contribution in [0.2, 0.25) is 0 Å². The molecule has 0 unspecified atom stereocenters. The van der Waals surface area contributed by atoms with E-state index in [1.54, 1.807) is 0 Å². The minimum Gasteiger partial charge on any atom is -0.381 e. The van der Waals surface area contributed by atoms with Crippen molar-refractivity contribution in [3.05, 3.63) is 0 Å². The van der Waals surface area contributed by atoms with Gasteiger partial charge in [0, 0.05) is 20.0 Å². The van der Waals surface area contributed by atoms with Crippen molar-refractivity contribution >= 4 is 0 Å². The van der Waals surface area contributed by atoms with Gasteiger partial charge in [-0.15, -0.1) is 0 Å². The Morgan fingerprint density at radius 1 is 1.06 bits per heavy atom. The van der Waals surface area contributed by atoms with Crippen molar-refractivity contribution in [2.24, 2.45) is 11.3 Å². The van der Waals surface area contributed by atoms with Gasteiger partial charge in [-0.1, -0.05) is 19.8 Å². The smallest absolute Gasteiger partial charge is 0.168 e. The van der Waals surface area contributed by atoms with Crippen molar-refractivity contribution in [2.45, 2.75) is 63.8 Å². The normalized spacial score (nSPS) is 43.7. The van der Waals surface area contributed by atoms with Gasteiger partial charge >= 0.3 is 0 Å². The minimum absolute atomic E-state index is 0.243. The second-order valence-electron chi connectivity index (χ2n) is 6.52. The molecule has 0 amide bonds. The van der Waals surface area contributed by atoms with Gasteiger partial charge in [0.05, 0.1) is 19.3 Å². The van der Waals surface area contributed by atoms with Gasteiger partial charge in [-0.05, 0) is 30.6 Å². The first-order valence-electron chi connectivity index (χ1n) is 7.49. The molecule has 0 aromatic rings. The van der Waals surface area contributed by atoms with Crippen LogP contribution in [-0.4, -0.2) is 32.2 Å². The lowest BCUT2D eigenvalue weighted by atomic mass is 9.62. The van der Waals surface area contributed by atoms with Gasteiger partial charge in [0.2, 0.25) is 0 Å². The van der Waals surface area contributed by atoms with Crippen LogP contribution in [0.15, 0.2) is 0 Å². The molecular weight excluding hydrogens is 228 g/mol. The minimum atomic E-state index is -0.243. The predicted octanol–water partition coefficient (Wildman–Crippen LogP) is 3.12. The topological polar surface area (TPSA) is 27.7 Å². The molecule has 3 aliphatic rings. The van der Waals surface area contributed by atoms with E-state index in [2.05, 4.69) is 6.92 Å². The molecule has 3 fully saturated rings. The van der Waals surface area contributed by atoms with E-state index in [1.165, 1.54) is 32.1 Å². The molecule has 18 heavy (non-hydrogen) atoms. The lowest BCUT2D eigenvalue weighted by molar-refractivity contribution is -0.218. The molecule has 0 bridgehead atoms. The number of hydrogen-bond acceptors (Lipinski definition) is 3. The fourth-order valence-electron chi connectivity index (χ4n) is 4.43. The van der Waals surface area contributed by atoms with Gasteiger partial charge in [0.25, 0.3) is 0 Å². The molecule has 0 aromatic heterocycles. The van der Waals surface area contributed by atoms with Crippen molar-refractivity contribution in [2.75, 3.05) is 20.3 Å². The molecule has 2 aliphatic carbocycles. The Kier molecular flexibility index (Phi) is 3.41. The Bertz CT molecular complexity index is 298. The van der Waals surface area contributed by atoms with E-state index >= 15 is 0 Å². The van der Waals surface area contributed by atoms with Gasteiger partial charge in [-0.2, -0.15) is 0 Å². The Balaban J connectivity index is 1.81. The van der Waals surface area contributed by atoms with E-state index < -0.39 is 0 Å². The molecule has 3 rings (SSSR count). The summed E-state index contributed by atoms with van der Waals surface area (Å²) in [7, 11) is 1.88. The van der Waals surface area contributed by atoms with E-state index in [9.17, 15) is 0 Å². The number of hydrogen-bond donors (Lipinski definition) is 0. The van der Waals surface area contributed by atoms with Crippen LogP contribution in [0.3, 0.4) is 0 Å². The summed E-state index contributed by atoms with van der Waals surface area (Å²) in [5.74, 6) is 0.448. The average molecular weight is 254 g/mol. The zero-order valence-corrected chi connectivity index (χ0v) is 11.7. The van der Waals surface area contributed by atoms with E-state index in [1.807, 2.05) is 7.11 Å². The highest BCUT2D eigenvalue weighted by atomic mass is 16.7. The number of methoxy groups -OCH3 is 1. The highest BCUT2D eigenvalue weighted by Crippen LogP contribution is 2.54. The van der Waals surface area contributed by atoms with Crippen molar-refractivity contribution in [1.82, 2.24) is 0 Å². The molecule has 1 heterocycles. The van der Waals surface area contributed by atoms with E-state index in [0.717, 1.165) is 26.1 Å². The van der Waals surface area contributed by atoms with Crippen LogP contribution in [0.5, 0.6) is 0 Å². The summed E-state index contributed by atoms with van der Waals surface area (Å²) >= 11 is 0. The Morgan fingerprint density at radius 2 is 1.78 bits per heavy atom. The zero-order valence-electron chi connectivity index (χ0n) is 11.7. The fraction of sp³-hybridized carbons (Fsp3) is 1.00. The maximum absolute atomic E-state index is 5.92. The first-order valence-corrected chi connectivity index (χ1v) is 7.49. The summed E-state index contributed by atoms with van der Waals surface area (Å²) < 4.78 is 17.7. The highest BCUT2D eigenvalue weighted by Gasteiger charge is 2.53. The molecule has 2 saturated carbocycles. The van der Waals surface area contributed by atoms with Crippen LogP contribution < -0.4 is 0 Å². The Labute approximate surface area is 110 Å². The fourth-order valence-corrected chi connectivity index (χ4v) is 4.43. The standard InChI is InChI=1S/C15H26O3/c1-14-7-8-15(17-9-10-18-15)11-12(14)5-3-4-6-13(14)16-2/h12-13H,3-11H2,1-2H3/t12-,13+,14-/m0/s1. The molecule has 3 atom stereocenters. The third-order valence-electron chi connectivity index (χ3n) is 5.64. The predicted molar refractivity (Wildman–Crippen MR) is 69.3 cm³/mol. The molecule has 3 nitrogen and oxygen atoms in total. The summed E-state index contributed by atoms with van der Waals surface area (Å²) in [5, 5.41) is 0. The zero-order chi connectivity index (χ0) is 12.6. The number of fused-ring (bicyclic) bond motifs is 1. The van der Waals surface area contributed by atoms with Crippen LogP contribution in [0.4, 0.5) is 0 Å². The molecule has 0 N–H and O–H groups in total. The van der Waals surface area contributed by atoms with E-state index in [0.29, 0.717) is 17.4 Å². The van der Waals surface area contributed by atoms with Gasteiger partial charge in [0.15, 0.2) is 5.79 Å². The Morgan fingerprint density at radius 3 is 2.50 bits per heavy atom. The lowest BCUT2D eigenvalue weighted by Gasteiger charge is -2.50. The van der Waals surface area contributed by atoms with Crippen molar-refractivity contribution in [3.8, 4) is 0 Å². The van der Waals surface area contributed by atoms with Crippen LogP contribution in [0.25, 0.3) is 0 Å². The SMILES string of the molecule is CO[C@@H]1CCCC[C@H]2CC3(CC[C@@]21C)OCCO3. The molecule has 1 saturated heterocycles. The number of rotatable bonds is 1. The maximum atomic E-state index is 5.92. The van der Waals surface area contributed by atoms with Crippen LogP contribution >= 0.6 is 0 Å². The second-order valence-corrected chi connectivity index (χ2v) is 6.52. The van der Waals surface area contributed by atoms with Gasteiger partial charge in [-0.3, -0.25) is 0 Å². The molecule has 3 heteroatoms. The van der Waals surface area contributed by atoms with Crippen molar-refractivity contribution < 1.29 is 14.2 Å². The second kappa shape index (κ2) is 4.77. The highest BCUT2D eigenvalue weighted by molar-refractivity contribution is 4.99. The first kappa shape index (κ1) is 12.9. The largest absolute Gasteiger partial charge is 0.381 e. The average Bonchev–Trinajstić information content (AvgIpc) is 2.75. The lowest BCUT2D eigenvalue weighted by Crippen LogP contribution is -2.49. The molecular formula is C15H26O3. The molecule has 0 radical (unpaired) electrons. The van der Waals surface area contributed by atoms with E-state index in [-0.39, 0.29) is 5.79 Å². The molecule has 0 aromatic carbocycles. The van der Waals surface area contributed by atoms with Crippen molar-refractivity contribution in [3.63, 3.8) is 0 Å². The number of ether oxygens (including phenoxy) is 3. The first-order chi connectivity index (χ1) is 8.69. The Hall–Kier alpha value is -0.120. The van der Waals surface area contributed by atoms with Gasteiger partial charge in [0.1, 0.15) is 0 Å². The van der Waals surface area contributed by atoms with Crippen LogP contribution in [-0.2, 0) is 14.2 Å². The van der Waals surface area contributed by atoms with Gasteiger partial charge in [-0.25, -0.2) is 0 Å². The summed E-state index contributed by atoms with van der Waals surface area (Å²) in [5.41, 5.74) is 0.325.